The lowest BCUT2D eigenvalue weighted by molar-refractivity contribution is -0.137. The van der Waals surface area contributed by atoms with Crippen LogP contribution in [0.5, 0.6) is 0 Å². The molecule has 0 aliphatic heterocycles. The molecule has 0 saturated heterocycles. The normalized spacial score (nSPS) is 12.9. The summed E-state index contributed by atoms with van der Waals surface area (Å²) in [7, 11) is 1.66. The highest BCUT2D eigenvalue weighted by atomic mass is 79.9. The van der Waals surface area contributed by atoms with Gasteiger partial charge < -0.3 is 9.32 Å². The van der Waals surface area contributed by atoms with Crippen molar-refractivity contribution in [3.63, 3.8) is 0 Å². The van der Waals surface area contributed by atoms with Crippen LogP contribution in [-0.2, 0) is 17.5 Å². The van der Waals surface area contributed by atoms with Crippen LogP contribution in [0.4, 0.5) is 13.2 Å². The highest BCUT2D eigenvalue weighted by Crippen LogP contribution is 2.30. The molecule has 24 heavy (non-hydrogen) atoms. The molecule has 0 radical (unpaired) electrons. The Labute approximate surface area is 146 Å². The average molecular weight is 404 g/mol. The van der Waals surface area contributed by atoms with Crippen molar-refractivity contribution in [1.29, 1.82) is 0 Å². The molecule has 0 aliphatic carbocycles. The Bertz CT molecular complexity index is 695. The molecular formula is C17H17BrF3NO2. The van der Waals surface area contributed by atoms with Gasteiger partial charge in [-0.25, -0.2) is 0 Å². The van der Waals surface area contributed by atoms with E-state index in [4.69, 9.17) is 4.42 Å². The molecule has 1 heterocycles. The minimum absolute atomic E-state index is 0.102. The molecule has 1 aromatic carbocycles. The molecule has 0 saturated carbocycles. The summed E-state index contributed by atoms with van der Waals surface area (Å²) in [5, 5.41) is 0. The molecule has 7 heteroatoms. The molecule has 0 aliphatic rings. The van der Waals surface area contributed by atoms with Gasteiger partial charge in [0.25, 0.3) is 0 Å². The van der Waals surface area contributed by atoms with Crippen molar-refractivity contribution in [2.75, 3.05) is 7.05 Å². The lowest BCUT2D eigenvalue weighted by Crippen LogP contribution is -2.27. The van der Waals surface area contributed by atoms with Crippen LogP contribution in [0.2, 0.25) is 0 Å². The highest BCUT2D eigenvalue weighted by molar-refractivity contribution is 9.10. The third-order valence-corrected chi connectivity index (χ3v) is 4.16. The van der Waals surface area contributed by atoms with Gasteiger partial charge in [0.05, 0.1) is 12.1 Å². The first-order valence-corrected chi connectivity index (χ1v) is 8.11. The minimum atomic E-state index is -4.35. The van der Waals surface area contributed by atoms with Crippen LogP contribution in [0.15, 0.2) is 45.5 Å². The van der Waals surface area contributed by atoms with Crippen LogP contribution in [0.25, 0.3) is 0 Å². The van der Waals surface area contributed by atoms with Crippen molar-refractivity contribution in [2.24, 2.45) is 0 Å². The maximum Gasteiger partial charge on any atom is 0.416 e. The van der Waals surface area contributed by atoms with E-state index in [0.29, 0.717) is 22.5 Å². The summed E-state index contributed by atoms with van der Waals surface area (Å²) in [5.41, 5.74) is 0.00999. The molecule has 3 nitrogen and oxygen atoms in total. The Kier molecular flexibility index (Phi) is 5.74. The van der Waals surface area contributed by atoms with Crippen LogP contribution in [0, 0.1) is 0 Å². The van der Waals surface area contributed by atoms with Gasteiger partial charge in [0, 0.05) is 13.5 Å². The molecule has 2 rings (SSSR count). The lowest BCUT2D eigenvalue weighted by Gasteiger charge is -2.19. The predicted molar refractivity (Wildman–Crippen MR) is 87.4 cm³/mol. The number of hydrogen-bond donors (Lipinski definition) is 0. The second-order valence-corrected chi connectivity index (χ2v) is 6.46. The molecule has 0 bridgehead atoms. The molecule has 0 fully saturated rings. The van der Waals surface area contributed by atoms with Crippen LogP contribution < -0.4 is 0 Å². The predicted octanol–water partition coefficient (Wildman–Crippen LogP) is 5.21. The molecule has 0 spiro atoms. The third kappa shape index (κ3) is 4.87. The Morgan fingerprint density at radius 2 is 1.83 bits per heavy atom. The smallest absolute Gasteiger partial charge is 0.416 e. The van der Waals surface area contributed by atoms with Crippen molar-refractivity contribution in [1.82, 2.24) is 4.90 Å². The van der Waals surface area contributed by atoms with E-state index in [2.05, 4.69) is 15.9 Å². The quantitative estimate of drug-likeness (QED) is 0.686. The topological polar surface area (TPSA) is 33.5 Å². The zero-order valence-electron chi connectivity index (χ0n) is 13.2. The van der Waals surface area contributed by atoms with Gasteiger partial charge >= 0.3 is 6.18 Å². The van der Waals surface area contributed by atoms with Crippen LogP contribution >= 0.6 is 15.9 Å². The van der Waals surface area contributed by atoms with Crippen molar-refractivity contribution < 1.29 is 22.4 Å². The first-order valence-electron chi connectivity index (χ1n) is 7.32. The maximum absolute atomic E-state index is 12.6. The summed E-state index contributed by atoms with van der Waals surface area (Å²) in [5.74, 6) is 0.375. The van der Waals surface area contributed by atoms with Gasteiger partial charge in [-0.3, -0.25) is 4.79 Å². The number of rotatable bonds is 5. The van der Waals surface area contributed by atoms with Gasteiger partial charge in [-0.1, -0.05) is 19.1 Å². The number of alkyl halides is 3. The summed E-state index contributed by atoms with van der Waals surface area (Å²) >= 11 is 3.20. The number of furan rings is 1. The Hall–Kier alpha value is -1.76. The van der Waals surface area contributed by atoms with Gasteiger partial charge in [0.2, 0.25) is 5.91 Å². The molecule has 1 amide bonds. The Morgan fingerprint density at radius 3 is 2.33 bits per heavy atom. The summed E-state index contributed by atoms with van der Waals surface area (Å²) < 4.78 is 43.7. The fraction of sp³-hybridized carbons (Fsp3) is 0.353. The standard InChI is InChI=1S/C17H17BrF3NO2/c1-11(12-3-5-13(6-4-12)17(19,20)21)9-16(23)22(2)10-14-7-8-15(18)24-14/h3-8,11H,9-10H2,1-2H3. The fourth-order valence-electron chi connectivity index (χ4n) is 2.29. The van der Waals surface area contributed by atoms with Crippen LogP contribution in [-0.4, -0.2) is 17.9 Å². The molecule has 1 aromatic heterocycles. The summed E-state index contributed by atoms with van der Waals surface area (Å²) in [6.45, 7) is 2.15. The molecule has 1 unspecified atom stereocenters. The molecule has 1 atom stereocenters. The van der Waals surface area contributed by atoms with Crippen molar-refractivity contribution in [3.05, 3.63) is 58.0 Å². The van der Waals surface area contributed by atoms with Crippen LogP contribution in [0.3, 0.4) is 0 Å². The SMILES string of the molecule is CC(CC(=O)N(C)Cc1ccc(Br)o1)c1ccc(C(F)(F)F)cc1. The second kappa shape index (κ2) is 7.42. The zero-order valence-corrected chi connectivity index (χ0v) is 14.8. The number of amides is 1. The zero-order chi connectivity index (χ0) is 17.9. The van der Waals surface area contributed by atoms with Gasteiger partial charge in [-0.2, -0.15) is 13.2 Å². The lowest BCUT2D eigenvalue weighted by atomic mass is 9.96. The highest BCUT2D eigenvalue weighted by Gasteiger charge is 2.30. The van der Waals surface area contributed by atoms with Crippen molar-refractivity contribution in [2.45, 2.75) is 32.0 Å². The molecule has 2 aromatic rings. The largest absolute Gasteiger partial charge is 0.452 e. The van der Waals surface area contributed by atoms with E-state index in [1.54, 1.807) is 19.2 Å². The Balaban J connectivity index is 1.95. The maximum atomic E-state index is 12.6. The van der Waals surface area contributed by atoms with E-state index in [1.165, 1.54) is 17.0 Å². The monoisotopic (exact) mass is 403 g/mol. The number of carbonyl (C=O) groups excluding carboxylic acids is 1. The van der Waals surface area contributed by atoms with E-state index in [1.807, 2.05) is 6.92 Å². The first-order chi connectivity index (χ1) is 11.2. The minimum Gasteiger partial charge on any atom is -0.452 e. The molecule has 130 valence electrons. The van der Waals surface area contributed by atoms with Crippen molar-refractivity contribution in [3.8, 4) is 0 Å². The molecule has 0 N–H and O–H groups in total. The number of hydrogen-bond acceptors (Lipinski definition) is 2. The number of halogens is 4. The summed E-state index contributed by atoms with van der Waals surface area (Å²) in [4.78, 5) is 13.8. The van der Waals surface area contributed by atoms with E-state index in [0.717, 1.165) is 12.1 Å². The summed E-state index contributed by atoms with van der Waals surface area (Å²) in [6, 6.07) is 8.45. The fourth-order valence-corrected chi connectivity index (χ4v) is 2.63. The first kappa shape index (κ1) is 18.6. The van der Waals surface area contributed by atoms with E-state index in [-0.39, 0.29) is 18.2 Å². The second-order valence-electron chi connectivity index (χ2n) is 5.68. The molecular weight excluding hydrogens is 387 g/mol. The van der Waals surface area contributed by atoms with E-state index in [9.17, 15) is 18.0 Å². The average Bonchev–Trinajstić information content (AvgIpc) is 2.91. The Morgan fingerprint density at radius 1 is 1.21 bits per heavy atom. The van der Waals surface area contributed by atoms with E-state index < -0.39 is 11.7 Å². The van der Waals surface area contributed by atoms with E-state index >= 15 is 0 Å². The van der Waals surface area contributed by atoms with Gasteiger partial charge in [0.1, 0.15) is 5.76 Å². The third-order valence-electron chi connectivity index (χ3n) is 3.74. The summed E-state index contributed by atoms with van der Waals surface area (Å²) in [6.07, 6.45) is -4.14. The number of benzene rings is 1. The van der Waals surface area contributed by atoms with Crippen LogP contribution in [0.1, 0.15) is 36.1 Å². The van der Waals surface area contributed by atoms with Gasteiger partial charge in [-0.05, 0) is 51.7 Å². The van der Waals surface area contributed by atoms with Gasteiger partial charge in [-0.15, -0.1) is 0 Å². The number of nitrogens with zero attached hydrogens (tertiary/aromatic N) is 1. The van der Waals surface area contributed by atoms with Crippen molar-refractivity contribution >= 4 is 21.8 Å². The number of carbonyl (C=O) groups is 1. The van der Waals surface area contributed by atoms with Gasteiger partial charge in [0.15, 0.2) is 4.67 Å².